The Morgan fingerprint density at radius 2 is 1.71 bits per heavy atom. The van der Waals surface area contributed by atoms with Crippen molar-refractivity contribution in [3.05, 3.63) is 28.2 Å². The van der Waals surface area contributed by atoms with Crippen molar-refractivity contribution in [2.75, 3.05) is 18.0 Å². The van der Waals surface area contributed by atoms with E-state index in [0.717, 1.165) is 49.3 Å². The first-order valence-electron chi connectivity index (χ1n) is 7.43. The Labute approximate surface area is 132 Å². The zero-order valence-corrected chi connectivity index (χ0v) is 14.0. The van der Waals surface area contributed by atoms with E-state index in [2.05, 4.69) is 34.7 Å². The minimum atomic E-state index is -4.29. The molecular formula is C16H21BrF3N. The van der Waals surface area contributed by atoms with Crippen LogP contribution < -0.4 is 4.90 Å². The van der Waals surface area contributed by atoms with E-state index in [1.54, 1.807) is 0 Å². The third kappa shape index (κ3) is 3.55. The molecule has 2 rings (SSSR count). The van der Waals surface area contributed by atoms with Crippen LogP contribution in [0.1, 0.15) is 45.1 Å². The van der Waals surface area contributed by atoms with Gasteiger partial charge >= 0.3 is 6.18 Å². The Kier molecular flexibility index (Phi) is 4.91. The smallest absolute Gasteiger partial charge is 0.369 e. The lowest BCUT2D eigenvalue weighted by Crippen LogP contribution is -2.56. The second-order valence-corrected chi connectivity index (χ2v) is 6.87. The Morgan fingerprint density at radius 3 is 2.19 bits per heavy atom. The van der Waals surface area contributed by atoms with E-state index in [-0.39, 0.29) is 5.41 Å². The third-order valence-electron chi connectivity index (χ3n) is 4.23. The normalized spacial score (nSPS) is 17.7. The van der Waals surface area contributed by atoms with Gasteiger partial charge in [0.05, 0.1) is 11.3 Å². The molecule has 1 fully saturated rings. The molecule has 0 atom stereocenters. The monoisotopic (exact) mass is 363 g/mol. The molecule has 0 amide bonds. The summed E-state index contributed by atoms with van der Waals surface area (Å²) >= 11 is 3.38. The van der Waals surface area contributed by atoms with E-state index in [9.17, 15) is 13.2 Å². The fourth-order valence-electron chi connectivity index (χ4n) is 3.37. The average Bonchev–Trinajstić information content (AvgIpc) is 2.35. The van der Waals surface area contributed by atoms with Crippen LogP contribution in [0.25, 0.3) is 0 Å². The van der Waals surface area contributed by atoms with E-state index in [1.165, 1.54) is 12.1 Å². The van der Waals surface area contributed by atoms with Crippen LogP contribution in [0.3, 0.4) is 0 Å². The molecule has 0 N–H and O–H groups in total. The fraction of sp³-hybridized carbons (Fsp3) is 0.625. The van der Waals surface area contributed by atoms with Gasteiger partial charge in [0.25, 0.3) is 0 Å². The van der Waals surface area contributed by atoms with Crippen molar-refractivity contribution in [3.63, 3.8) is 0 Å². The Bertz CT molecular complexity index is 485. The zero-order valence-electron chi connectivity index (χ0n) is 12.4. The number of hydrogen-bond acceptors (Lipinski definition) is 1. The molecule has 0 radical (unpaired) electrons. The molecule has 1 aliphatic rings. The Morgan fingerprint density at radius 1 is 1.14 bits per heavy atom. The van der Waals surface area contributed by atoms with Crippen LogP contribution in [-0.2, 0) is 6.18 Å². The summed E-state index contributed by atoms with van der Waals surface area (Å²) < 4.78 is 39.3. The first-order chi connectivity index (χ1) is 9.81. The molecular weight excluding hydrogens is 343 g/mol. The summed E-state index contributed by atoms with van der Waals surface area (Å²) in [4.78, 5) is 2.06. The van der Waals surface area contributed by atoms with Crippen LogP contribution in [-0.4, -0.2) is 13.1 Å². The van der Waals surface area contributed by atoms with Gasteiger partial charge in [-0.1, -0.05) is 26.7 Å². The molecule has 0 aliphatic carbocycles. The molecule has 0 spiro atoms. The fourth-order valence-corrected chi connectivity index (χ4v) is 3.86. The van der Waals surface area contributed by atoms with Crippen LogP contribution in [0.15, 0.2) is 22.7 Å². The van der Waals surface area contributed by atoms with E-state index < -0.39 is 11.7 Å². The highest BCUT2D eigenvalue weighted by molar-refractivity contribution is 9.10. The molecule has 21 heavy (non-hydrogen) atoms. The molecule has 1 nitrogen and oxygen atoms in total. The quantitative estimate of drug-likeness (QED) is 0.631. The van der Waals surface area contributed by atoms with E-state index in [1.807, 2.05) is 0 Å². The first-order valence-corrected chi connectivity index (χ1v) is 8.22. The maximum Gasteiger partial charge on any atom is 0.416 e. The van der Waals surface area contributed by atoms with Crippen LogP contribution >= 0.6 is 15.9 Å². The molecule has 118 valence electrons. The molecule has 1 heterocycles. The van der Waals surface area contributed by atoms with Gasteiger partial charge in [0.1, 0.15) is 0 Å². The molecule has 5 heteroatoms. The van der Waals surface area contributed by atoms with Crippen molar-refractivity contribution in [1.82, 2.24) is 0 Å². The molecule has 0 aromatic heterocycles. The second kappa shape index (κ2) is 6.19. The second-order valence-electron chi connectivity index (χ2n) is 6.02. The number of halogens is 4. The SMILES string of the molecule is CCCC1(CCC)CN(c2cc(C(F)(F)F)ccc2Br)C1. The maximum absolute atomic E-state index is 12.8. The number of alkyl halides is 3. The maximum atomic E-state index is 12.8. The predicted molar refractivity (Wildman–Crippen MR) is 83.6 cm³/mol. The van der Waals surface area contributed by atoms with Crippen molar-refractivity contribution in [1.29, 1.82) is 0 Å². The highest BCUT2D eigenvalue weighted by Gasteiger charge is 2.42. The molecule has 0 bridgehead atoms. The summed E-state index contributed by atoms with van der Waals surface area (Å²) in [5, 5.41) is 0. The summed E-state index contributed by atoms with van der Waals surface area (Å²) in [6.45, 7) is 6.05. The lowest BCUT2D eigenvalue weighted by molar-refractivity contribution is -0.137. The molecule has 1 aliphatic heterocycles. The van der Waals surface area contributed by atoms with Gasteiger partial charge in [0.2, 0.25) is 0 Å². The molecule has 1 aromatic rings. The molecule has 0 saturated carbocycles. The minimum Gasteiger partial charge on any atom is -0.369 e. The zero-order chi connectivity index (χ0) is 15.7. The van der Waals surface area contributed by atoms with E-state index in [4.69, 9.17) is 0 Å². The average molecular weight is 364 g/mol. The third-order valence-corrected chi connectivity index (χ3v) is 4.90. The van der Waals surface area contributed by atoms with Crippen molar-refractivity contribution in [3.8, 4) is 0 Å². The summed E-state index contributed by atoms with van der Waals surface area (Å²) in [6.07, 6.45) is 0.251. The Balaban J connectivity index is 2.17. The Hall–Kier alpha value is -0.710. The number of nitrogens with zero attached hydrogens (tertiary/aromatic N) is 1. The van der Waals surface area contributed by atoms with Gasteiger partial charge in [-0.15, -0.1) is 0 Å². The lowest BCUT2D eigenvalue weighted by Gasteiger charge is -2.52. The number of hydrogen-bond donors (Lipinski definition) is 0. The summed E-state index contributed by atoms with van der Waals surface area (Å²) in [5.41, 5.74) is 0.369. The molecule has 1 saturated heterocycles. The molecule has 0 unspecified atom stereocenters. The summed E-state index contributed by atoms with van der Waals surface area (Å²) in [5.74, 6) is 0. The summed E-state index contributed by atoms with van der Waals surface area (Å²) in [7, 11) is 0. The summed E-state index contributed by atoms with van der Waals surface area (Å²) in [6, 6.07) is 3.88. The van der Waals surface area contributed by atoms with E-state index in [0.29, 0.717) is 5.69 Å². The van der Waals surface area contributed by atoms with Crippen molar-refractivity contribution >= 4 is 21.6 Å². The molecule has 1 aromatic carbocycles. The van der Waals surface area contributed by atoms with Gasteiger partial charge in [-0.3, -0.25) is 0 Å². The predicted octanol–water partition coefficient (Wildman–Crippen LogP) is 5.87. The van der Waals surface area contributed by atoms with Gasteiger partial charge in [-0.2, -0.15) is 13.2 Å². The van der Waals surface area contributed by atoms with Crippen molar-refractivity contribution < 1.29 is 13.2 Å². The van der Waals surface area contributed by atoms with Gasteiger partial charge in [0, 0.05) is 23.0 Å². The highest BCUT2D eigenvalue weighted by atomic mass is 79.9. The van der Waals surface area contributed by atoms with Gasteiger partial charge in [-0.25, -0.2) is 0 Å². The minimum absolute atomic E-state index is 0.289. The number of benzene rings is 1. The van der Waals surface area contributed by atoms with Gasteiger partial charge in [-0.05, 0) is 47.0 Å². The number of rotatable bonds is 5. The van der Waals surface area contributed by atoms with Crippen LogP contribution in [0.5, 0.6) is 0 Å². The van der Waals surface area contributed by atoms with Crippen LogP contribution in [0.4, 0.5) is 18.9 Å². The first kappa shape index (κ1) is 16.7. The van der Waals surface area contributed by atoms with Crippen molar-refractivity contribution in [2.24, 2.45) is 5.41 Å². The van der Waals surface area contributed by atoms with Gasteiger partial charge in [0.15, 0.2) is 0 Å². The van der Waals surface area contributed by atoms with Crippen LogP contribution in [0, 0.1) is 5.41 Å². The van der Waals surface area contributed by atoms with E-state index >= 15 is 0 Å². The van der Waals surface area contributed by atoms with Gasteiger partial charge < -0.3 is 4.90 Å². The number of anilines is 1. The topological polar surface area (TPSA) is 3.24 Å². The van der Waals surface area contributed by atoms with Crippen LogP contribution in [0.2, 0.25) is 0 Å². The highest BCUT2D eigenvalue weighted by Crippen LogP contribution is 2.45. The largest absolute Gasteiger partial charge is 0.416 e. The lowest BCUT2D eigenvalue weighted by atomic mass is 9.72. The standard InChI is InChI=1S/C16H21BrF3N/c1-3-7-15(8-4-2)10-21(11-15)14-9-12(16(18,19)20)5-6-13(14)17/h5-6,9H,3-4,7-8,10-11H2,1-2H3. The van der Waals surface area contributed by atoms with Crippen molar-refractivity contribution in [2.45, 2.75) is 45.7 Å².